The monoisotopic (exact) mass is 328 g/mol. The van der Waals surface area contributed by atoms with Crippen LogP contribution in [0, 0.1) is 5.92 Å². The molecule has 1 heterocycles. The van der Waals surface area contributed by atoms with Gasteiger partial charge in [-0.15, -0.1) is 0 Å². The number of fused-ring (bicyclic) bond motifs is 1. The van der Waals surface area contributed by atoms with Crippen LogP contribution in [0.5, 0.6) is 0 Å². The second kappa shape index (κ2) is 7.69. The maximum atomic E-state index is 12.5. The van der Waals surface area contributed by atoms with Crippen LogP contribution in [-0.4, -0.2) is 22.0 Å². The molecular weight excluding hydrogens is 300 g/mol. The number of urea groups is 1. The van der Waals surface area contributed by atoms with Gasteiger partial charge in [0.25, 0.3) is 0 Å². The van der Waals surface area contributed by atoms with Crippen LogP contribution in [0.1, 0.15) is 64.2 Å². The first kappa shape index (κ1) is 16.8. The van der Waals surface area contributed by atoms with Gasteiger partial charge in [-0.1, -0.05) is 51.7 Å². The molecule has 130 valence electrons. The van der Waals surface area contributed by atoms with Crippen molar-refractivity contribution in [3.8, 4) is 0 Å². The summed E-state index contributed by atoms with van der Waals surface area (Å²) in [6, 6.07) is 8.11. The number of amides is 2. The van der Waals surface area contributed by atoms with Gasteiger partial charge >= 0.3 is 6.03 Å². The average Bonchev–Trinajstić information content (AvgIpc) is 3.03. The Morgan fingerprint density at radius 3 is 2.75 bits per heavy atom. The summed E-state index contributed by atoms with van der Waals surface area (Å²) < 4.78 is 0. The van der Waals surface area contributed by atoms with Gasteiger partial charge in [-0.25, -0.2) is 9.78 Å². The minimum atomic E-state index is -0.106. The lowest BCUT2D eigenvalue weighted by molar-refractivity contribution is 0.222. The summed E-state index contributed by atoms with van der Waals surface area (Å²) in [5, 5.41) is 6.29. The molecular formula is C19H28N4O. The Morgan fingerprint density at radius 2 is 2.04 bits per heavy atom. The molecule has 1 aliphatic rings. The predicted octanol–water partition coefficient (Wildman–Crippen LogP) is 4.28. The zero-order valence-corrected chi connectivity index (χ0v) is 14.6. The van der Waals surface area contributed by atoms with E-state index in [1.165, 1.54) is 19.3 Å². The summed E-state index contributed by atoms with van der Waals surface area (Å²) in [6.07, 6.45) is 6.87. The minimum absolute atomic E-state index is 0.0762. The number of hydrogen-bond acceptors (Lipinski definition) is 2. The van der Waals surface area contributed by atoms with Gasteiger partial charge in [-0.3, -0.25) is 0 Å². The number of carbonyl (C=O) groups is 1. The van der Waals surface area contributed by atoms with E-state index in [0.717, 1.165) is 36.1 Å². The van der Waals surface area contributed by atoms with Crippen molar-refractivity contribution in [3.05, 3.63) is 30.1 Å². The van der Waals surface area contributed by atoms with Crippen molar-refractivity contribution in [2.75, 3.05) is 0 Å². The van der Waals surface area contributed by atoms with Crippen LogP contribution in [0.4, 0.5) is 4.79 Å². The van der Waals surface area contributed by atoms with Crippen LogP contribution in [0.15, 0.2) is 24.3 Å². The number of hydrogen-bond donors (Lipinski definition) is 3. The topological polar surface area (TPSA) is 69.8 Å². The van der Waals surface area contributed by atoms with Crippen LogP contribution in [0.3, 0.4) is 0 Å². The van der Waals surface area contributed by atoms with E-state index in [2.05, 4.69) is 34.4 Å². The Morgan fingerprint density at radius 1 is 1.29 bits per heavy atom. The quantitative estimate of drug-likeness (QED) is 0.766. The molecule has 0 saturated heterocycles. The van der Waals surface area contributed by atoms with Crippen LogP contribution in [0.25, 0.3) is 11.0 Å². The number of aromatic amines is 1. The first-order valence-electron chi connectivity index (χ1n) is 9.19. The molecule has 24 heavy (non-hydrogen) atoms. The molecule has 2 atom stereocenters. The maximum Gasteiger partial charge on any atom is 0.315 e. The van der Waals surface area contributed by atoms with Crippen molar-refractivity contribution >= 4 is 17.1 Å². The molecule has 1 saturated carbocycles. The fourth-order valence-corrected chi connectivity index (χ4v) is 3.45. The summed E-state index contributed by atoms with van der Waals surface area (Å²) in [6.45, 7) is 4.29. The molecule has 1 aromatic heterocycles. The van der Waals surface area contributed by atoms with E-state index in [1.807, 2.05) is 24.3 Å². The van der Waals surface area contributed by atoms with E-state index < -0.39 is 0 Å². The van der Waals surface area contributed by atoms with Crippen molar-refractivity contribution < 1.29 is 4.79 Å². The van der Waals surface area contributed by atoms with Crippen molar-refractivity contribution in [2.45, 2.75) is 64.5 Å². The van der Waals surface area contributed by atoms with Crippen LogP contribution < -0.4 is 10.6 Å². The van der Waals surface area contributed by atoms with Gasteiger partial charge in [0.1, 0.15) is 5.82 Å². The summed E-state index contributed by atoms with van der Waals surface area (Å²) >= 11 is 0. The van der Waals surface area contributed by atoms with Gasteiger partial charge < -0.3 is 15.6 Å². The number of para-hydroxylation sites is 2. The number of carbonyl (C=O) groups excluding carboxylic acids is 1. The fourth-order valence-electron chi connectivity index (χ4n) is 3.45. The van der Waals surface area contributed by atoms with Gasteiger partial charge in [0.05, 0.1) is 17.1 Å². The van der Waals surface area contributed by atoms with Gasteiger partial charge in [-0.05, 0) is 30.9 Å². The third kappa shape index (κ3) is 3.89. The zero-order chi connectivity index (χ0) is 16.9. The Labute approximate surface area is 143 Å². The van der Waals surface area contributed by atoms with Crippen LogP contribution in [0.2, 0.25) is 0 Å². The summed E-state index contributed by atoms with van der Waals surface area (Å²) in [4.78, 5) is 20.5. The number of aromatic nitrogens is 2. The number of H-pyrrole nitrogens is 1. The van der Waals surface area contributed by atoms with E-state index in [4.69, 9.17) is 0 Å². The zero-order valence-electron chi connectivity index (χ0n) is 14.6. The van der Waals surface area contributed by atoms with Crippen molar-refractivity contribution in [1.29, 1.82) is 0 Å². The lowest BCUT2D eigenvalue weighted by Gasteiger charge is -2.26. The second-order valence-electron chi connectivity index (χ2n) is 6.96. The molecule has 0 radical (unpaired) electrons. The third-order valence-electron chi connectivity index (χ3n) is 5.14. The van der Waals surface area contributed by atoms with Gasteiger partial charge in [0.2, 0.25) is 0 Å². The highest BCUT2D eigenvalue weighted by molar-refractivity contribution is 5.76. The van der Waals surface area contributed by atoms with Gasteiger partial charge in [-0.2, -0.15) is 0 Å². The van der Waals surface area contributed by atoms with E-state index in [0.29, 0.717) is 12.0 Å². The molecule has 3 rings (SSSR count). The van der Waals surface area contributed by atoms with Crippen LogP contribution in [-0.2, 0) is 0 Å². The molecule has 0 aliphatic heterocycles. The van der Waals surface area contributed by atoms with Gasteiger partial charge in [0, 0.05) is 6.04 Å². The van der Waals surface area contributed by atoms with Crippen molar-refractivity contribution in [2.24, 2.45) is 5.92 Å². The second-order valence-corrected chi connectivity index (χ2v) is 6.96. The summed E-state index contributed by atoms with van der Waals surface area (Å²) in [5.41, 5.74) is 1.95. The number of nitrogens with zero attached hydrogens (tertiary/aromatic N) is 1. The first-order chi connectivity index (χ1) is 11.7. The molecule has 1 fully saturated rings. The number of benzene rings is 1. The maximum absolute atomic E-state index is 12.5. The normalized spacial score (nSPS) is 18.2. The molecule has 0 spiro atoms. The number of nitrogens with one attached hydrogen (secondary N) is 3. The molecule has 1 aliphatic carbocycles. The molecule has 1 aromatic carbocycles. The van der Waals surface area contributed by atoms with Crippen LogP contribution >= 0.6 is 0 Å². The van der Waals surface area contributed by atoms with E-state index >= 15 is 0 Å². The third-order valence-corrected chi connectivity index (χ3v) is 5.14. The Balaban J connectivity index is 1.72. The minimum Gasteiger partial charge on any atom is -0.340 e. The van der Waals surface area contributed by atoms with E-state index in [1.54, 1.807) is 0 Å². The Hall–Kier alpha value is -2.04. The first-order valence-corrected chi connectivity index (χ1v) is 9.19. The van der Waals surface area contributed by atoms with Crippen molar-refractivity contribution in [3.63, 3.8) is 0 Å². The highest BCUT2D eigenvalue weighted by Crippen LogP contribution is 2.25. The van der Waals surface area contributed by atoms with Crippen molar-refractivity contribution in [1.82, 2.24) is 20.6 Å². The summed E-state index contributed by atoms with van der Waals surface area (Å²) in [5.74, 6) is 1.15. The largest absolute Gasteiger partial charge is 0.340 e. The predicted molar refractivity (Wildman–Crippen MR) is 96.8 cm³/mol. The van der Waals surface area contributed by atoms with E-state index in [9.17, 15) is 4.79 Å². The fraction of sp³-hybridized carbons (Fsp3) is 0.579. The molecule has 2 amide bonds. The number of imidazole rings is 1. The molecule has 5 nitrogen and oxygen atoms in total. The molecule has 0 unspecified atom stereocenters. The van der Waals surface area contributed by atoms with Gasteiger partial charge in [0.15, 0.2) is 0 Å². The molecule has 3 N–H and O–H groups in total. The SMILES string of the molecule is CC[C@H](C)[C@@H](NC(=O)NC1CCCCC1)c1nc2ccccc2[nH]1. The average molecular weight is 328 g/mol. The highest BCUT2D eigenvalue weighted by atomic mass is 16.2. The Kier molecular flexibility index (Phi) is 5.38. The lowest BCUT2D eigenvalue weighted by atomic mass is 9.95. The molecule has 0 bridgehead atoms. The van der Waals surface area contributed by atoms with E-state index in [-0.39, 0.29) is 12.1 Å². The standard InChI is InChI=1S/C19H28N4O/c1-3-13(2)17(18-21-15-11-7-8-12-16(15)22-18)23-19(24)20-14-9-5-4-6-10-14/h7-8,11-14,17H,3-6,9-10H2,1-2H3,(H,21,22)(H2,20,23,24)/t13-,17+/m0/s1. The highest BCUT2D eigenvalue weighted by Gasteiger charge is 2.25. The Bertz CT molecular complexity index is 642. The molecule has 5 heteroatoms. The lowest BCUT2D eigenvalue weighted by Crippen LogP contribution is -2.45. The smallest absolute Gasteiger partial charge is 0.315 e. The number of rotatable bonds is 5. The summed E-state index contributed by atoms with van der Waals surface area (Å²) in [7, 11) is 0. The molecule has 2 aromatic rings.